The Hall–Kier alpha value is -1.50. The van der Waals surface area contributed by atoms with E-state index < -0.39 is 22.5 Å². The average Bonchev–Trinajstić information content (AvgIpc) is 2.44. The highest BCUT2D eigenvalue weighted by molar-refractivity contribution is 6.31. The second-order valence-electron chi connectivity index (χ2n) is 2.79. The van der Waals surface area contributed by atoms with Crippen molar-refractivity contribution < 1.29 is 13.2 Å². The first-order valence-corrected chi connectivity index (χ1v) is 4.11. The Morgan fingerprint density at radius 2 is 2.13 bits per heavy atom. The lowest BCUT2D eigenvalue weighted by molar-refractivity contribution is -0.137. The van der Waals surface area contributed by atoms with Crippen molar-refractivity contribution in [3.63, 3.8) is 0 Å². The van der Waals surface area contributed by atoms with Gasteiger partial charge < -0.3 is 0 Å². The highest BCUT2D eigenvalue weighted by atomic mass is 35.5. The Balaban J connectivity index is 2.82. The summed E-state index contributed by atoms with van der Waals surface area (Å²) in [7, 11) is 0. The molecule has 2 aromatic heterocycles. The van der Waals surface area contributed by atoms with E-state index in [1.807, 2.05) is 5.10 Å². The summed E-state index contributed by atoms with van der Waals surface area (Å²) in [6, 6.07) is 0.974. The molecule has 0 amide bonds. The molecule has 1 N–H and O–H groups in total. The predicted octanol–water partition coefficient (Wildman–Crippen LogP) is 1.69. The molecule has 15 heavy (non-hydrogen) atoms. The maximum absolute atomic E-state index is 12.4. The normalized spacial score (nSPS) is 12.3. The largest absolute Gasteiger partial charge is 0.419 e. The third-order valence-electron chi connectivity index (χ3n) is 1.81. The van der Waals surface area contributed by atoms with E-state index in [2.05, 4.69) is 5.10 Å². The van der Waals surface area contributed by atoms with E-state index in [4.69, 9.17) is 11.6 Å². The van der Waals surface area contributed by atoms with Gasteiger partial charge in [0.2, 0.25) is 0 Å². The molecule has 0 aliphatic heterocycles. The third-order valence-corrected chi connectivity index (χ3v) is 2.12. The number of aromatic nitrogens is 3. The van der Waals surface area contributed by atoms with Crippen LogP contribution >= 0.6 is 11.6 Å². The minimum atomic E-state index is -4.60. The number of fused-ring (bicyclic) bond motifs is 1. The Morgan fingerprint density at radius 1 is 1.47 bits per heavy atom. The quantitative estimate of drug-likeness (QED) is 0.758. The fourth-order valence-corrected chi connectivity index (χ4v) is 1.39. The van der Waals surface area contributed by atoms with Crippen LogP contribution in [0.15, 0.2) is 17.1 Å². The molecule has 8 heteroatoms. The SMILES string of the molecule is O=c1[nH]nc2cc(Cl)c(C(F)(F)F)cn12. The predicted molar refractivity (Wildman–Crippen MR) is 45.8 cm³/mol. The molecule has 80 valence electrons. The minimum Gasteiger partial charge on any atom is -0.250 e. The Labute approximate surface area is 85.3 Å². The van der Waals surface area contributed by atoms with Gasteiger partial charge >= 0.3 is 11.9 Å². The zero-order valence-electron chi connectivity index (χ0n) is 6.97. The van der Waals surface area contributed by atoms with E-state index in [1.54, 1.807) is 0 Å². The molecule has 0 unspecified atom stereocenters. The van der Waals surface area contributed by atoms with Crippen molar-refractivity contribution in [1.29, 1.82) is 0 Å². The molecule has 4 nitrogen and oxygen atoms in total. The van der Waals surface area contributed by atoms with E-state index in [9.17, 15) is 18.0 Å². The Kier molecular flexibility index (Phi) is 2.00. The fourth-order valence-electron chi connectivity index (χ4n) is 1.13. The van der Waals surface area contributed by atoms with E-state index in [1.165, 1.54) is 0 Å². The number of halogens is 4. The topological polar surface area (TPSA) is 50.2 Å². The molecule has 0 atom stereocenters. The minimum absolute atomic E-state index is 0.0398. The van der Waals surface area contributed by atoms with Crippen LogP contribution in [-0.2, 0) is 6.18 Å². The van der Waals surface area contributed by atoms with Gasteiger partial charge in [0.15, 0.2) is 5.65 Å². The summed E-state index contributed by atoms with van der Waals surface area (Å²) < 4.78 is 37.9. The number of nitrogens with zero attached hydrogens (tertiary/aromatic N) is 2. The summed E-state index contributed by atoms with van der Waals surface area (Å²) in [6.45, 7) is 0. The van der Waals surface area contributed by atoms with Crippen LogP contribution in [0.25, 0.3) is 5.65 Å². The van der Waals surface area contributed by atoms with Crippen molar-refractivity contribution in [3.8, 4) is 0 Å². The van der Waals surface area contributed by atoms with Gasteiger partial charge in [-0.2, -0.15) is 18.3 Å². The lowest BCUT2D eigenvalue weighted by atomic mass is 10.3. The standard InChI is InChI=1S/C7H3ClF3N3O/c8-4-1-5-12-13-6(15)14(5)2-3(4)7(9,10)11/h1-2H,(H,13,15). The number of hydrogen-bond donors (Lipinski definition) is 1. The molecule has 0 bridgehead atoms. The molecule has 0 aliphatic rings. The molecule has 0 aliphatic carbocycles. The number of alkyl halides is 3. The van der Waals surface area contributed by atoms with Gasteiger partial charge in [-0.05, 0) is 0 Å². The van der Waals surface area contributed by atoms with Crippen LogP contribution in [0.5, 0.6) is 0 Å². The first-order chi connectivity index (χ1) is 6.89. The third kappa shape index (κ3) is 1.58. The van der Waals surface area contributed by atoms with Crippen LogP contribution < -0.4 is 5.69 Å². The van der Waals surface area contributed by atoms with Crippen LogP contribution in [-0.4, -0.2) is 14.6 Å². The Bertz CT molecular complexity index is 571. The van der Waals surface area contributed by atoms with Crippen LogP contribution in [0, 0.1) is 0 Å². The molecule has 0 saturated heterocycles. The molecule has 2 heterocycles. The highest BCUT2D eigenvalue weighted by Gasteiger charge is 2.34. The van der Waals surface area contributed by atoms with Crippen LogP contribution in [0.2, 0.25) is 5.02 Å². The van der Waals surface area contributed by atoms with Gasteiger partial charge in [0.05, 0.1) is 10.6 Å². The molecule has 0 saturated carbocycles. The number of rotatable bonds is 0. The molecule has 2 aromatic rings. The number of aromatic amines is 1. The fraction of sp³-hybridized carbons (Fsp3) is 0.143. The molecule has 2 rings (SSSR count). The van der Waals surface area contributed by atoms with Gasteiger partial charge in [0.25, 0.3) is 0 Å². The maximum atomic E-state index is 12.4. The molecule has 0 fully saturated rings. The monoisotopic (exact) mass is 237 g/mol. The van der Waals surface area contributed by atoms with Gasteiger partial charge in [-0.1, -0.05) is 11.6 Å². The summed E-state index contributed by atoms with van der Waals surface area (Å²) in [4.78, 5) is 11.0. The van der Waals surface area contributed by atoms with E-state index >= 15 is 0 Å². The van der Waals surface area contributed by atoms with Crippen molar-refractivity contribution in [1.82, 2.24) is 14.6 Å². The molecule has 0 radical (unpaired) electrons. The second kappa shape index (κ2) is 2.99. The number of nitrogens with one attached hydrogen (secondary N) is 1. The Morgan fingerprint density at radius 3 is 2.73 bits per heavy atom. The lowest BCUT2D eigenvalue weighted by Crippen LogP contribution is -2.13. The van der Waals surface area contributed by atoms with Crippen molar-refractivity contribution in [3.05, 3.63) is 33.3 Å². The van der Waals surface area contributed by atoms with E-state index in [0.29, 0.717) is 6.20 Å². The molecular weight excluding hydrogens is 235 g/mol. The summed E-state index contributed by atoms with van der Waals surface area (Å²) in [6.07, 6.45) is -3.98. The van der Waals surface area contributed by atoms with Gasteiger partial charge in [-0.3, -0.25) is 0 Å². The number of hydrogen-bond acceptors (Lipinski definition) is 2. The molecule has 0 spiro atoms. The number of H-pyrrole nitrogens is 1. The maximum Gasteiger partial charge on any atom is 0.419 e. The number of pyridine rings is 1. The summed E-state index contributed by atoms with van der Waals surface area (Å²) >= 11 is 5.41. The van der Waals surface area contributed by atoms with Gasteiger partial charge in [0.1, 0.15) is 0 Å². The van der Waals surface area contributed by atoms with Crippen LogP contribution in [0.3, 0.4) is 0 Å². The van der Waals surface area contributed by atoms with Crippen molar-refractivity contribution in [2.24, 2.45) is 0 Å². The first kappa shape index (κ1) is 10.0. The van der Waals surface area contributed by atoms with E-state index in [0.717, 1.165) is 10.5 Å². The average molecular weight is 238 g/mol. The van der Waals surface area contributed by atoms with Crippen molar-refractivity contribution >= 4 is 17.2 Å². The summed E-state index contributed by atoms with van der Waals surface area (Å²) in [5.41, 5.74) is -1.77. The first-order valence-electron chi connectivity index (χ1n) is 3.73. The second-order valence-corrected chi connectivity index (χ2v) is 3.20. The van der Waals surface area contributed by atoms with Gasteiger partial charge in [0, 0.05) is 12.3 Å². The van der Waals surface area contributed by atoms with Crippen molar-refractivity contribution in [2.75, 3.05) is 0 Å². The van der Waals surface area contributed by atoms with Gasteiger partial charge in [-0.15, -0.1) is 0 Å². The zero-order valence-corrected chi connectivity index (χ0v) is 7.73. The smallest absolute Gasteiger partial charge is 0.250 e. The molecule has 0 aromatic carbocycles. The molecular formula is C7H3ClF3N3O. The lowest BCUT2D eigenvalue weighted by Gasteiger charge is -2.08. The van der Waals surface area contributed by atoms with Crippen LogP contribution in [0.1, 0.15) is 5.56 Å². The van der Waals surface area contributed by atoms with Gasteiger partial charge in [-0.25, -0.2) is 14.3 Å². The van der Waals surface area contributed by atoms with E-state index in [-0.39, 0.29) is 5.65 Å². The zero-order chi connectivity index (χ0) is 11.2. The summed E-state index contributed by atoms with van der Waals surface area (Å²) in [5, 5.41) is 5.00. The highest BCUT2D eigenvalue weighted by Crippen LogP contribution is 2.34. The summed E-state index contributed by atoms with van der Waals surface area (Å²) in [5.74, 6) is 0. The van der Waals surface area contributed by atoms with Crippen molar-refractivity contribution in [2.45, 2.75) is 6.18 Å². The van der Waals surface area contributed by atoms with Crippen LogP contribution in [0.4, 0.5) is 13.2 Å².